The molecule has 0 radical (unpaired) electrons. The Morgan fingerprint density at radius 2 is 2.33 bits per heavy atom. The predicted octanol–water partition coefficient (Wildman–Crippen LogP) is 2.92. The van der Waals surface area contributed by atoms with Gasteiger partial charge in [0.1, 0.15) is 0 Å². The molecule has 0 aromatic heterocycles. The van der Waals surface area contributed by atoms with Crippen molar-refractivity contribution in [1.82, 2.24) is 5.32 Å². The van der Waals surface area contributed by atoms with Gasteiger partial charge in [-0.05, 0) is 37.8 Å². The average Bonchev–Trinajstić information content (AvgIpc) is 2.27. The van der Waals surface area contributed by atoms with Gasteiger partial charge in [0.25, 0.3) is 0 Å². The number of nitrogens with one attached hydrogen (secondary N) is 2. The summed E-state index contributed by atoms with van der Waals surface area (Å²) in [6, 6.07) is 0. The summed E-state index contributed by atoms with van der Waals surface area (Å²) in [5.41, 5.74) is 1.88. The first kappa shape index (κ1) is 12.2. The molecule has 1 unspecified atom stereocenters. The molecule has 1 rings (SSSR count). The fraction of sp³-hybridized carbons (Fsp3) is 0.615. The maximum atomic E-state index is 7.65. The minimum absolute atomic E-state index is 0.574. The lowest BCUT2D eigenvalue weighted by atomic mass is 9.92. The van der Waals surface area contributed by atoms with E-state index in [-0.39, 0.29) is 0 Å². The van der Waals surface area contributed by atoms with Crippen LogP contribution in [0.15, 0.2) is 24.3 Å². The van der Waals surface area contributed by atoms with E-state index in [9.17, 15) is 0 Å². The summed E-state index contributed by atoms with van der Waals surface area (Å²) in [4.78, 5) is 0. The third-order valence-electron chi connectivity index (χ3n) is 2.84. The van der Waals surface area contributed by atoms with Gasteiger partial charge < -0.3 is 10.7 Å². The molecular formula is C13H22N2. The maximum absolute atomic E-state index is 7.65. The second-order valence-corrected chi connectivity index (χ2v) is 4.23. The summed E-state index contributed by atoms with van der Waals surface area (Å²) in [6.07, 6.45) is 8.31. The molecule has 1 aliphatic rings. The van der Waals surface area contributed by atoms with Crippen LogP contribution in [-0.2, 0) is 0 Å². The van der Waals surface area contributed by atoms with Crippen LogP contribution in [0.25, 0.3) is 0 Å². The Morgan fingerprint density at radius 3 is 2.93 bits per heavy atom. The third-order valence-corrected chi connectivity index (χ3v) is 2.84. The fourth-order valence-corrected chi connectivity index (χ4v) is 1.86. The van der Waals surface area contributed by atoms with Gasteiger partial charge in [0, 0.05) is 12.3 Å². The Labute approximate surface area is 93.0 Å². The van der Waals surface area contributed by atoms with Gasteiger partial charge in [-0.15, -0.1) is 0 Å². The maximum Gasteiger partial charge on any atom is 0.0313 e. The minimum atomic E-state index is 0.574. The zero-order valence-electron chi connectivity index (χ0n) is 9.68. The molecule has 0 aromatic carbocycles. The van der Waals surface area contributed by atoms with Gasteiger partial charge in [0.2, 0.25) is 0 Å². The van der Waals surface area contributed by atoms with Crippen molar-refractivity contribution in [2.75, 3.05) is 13.1 Å². The monoisotopic (exact) mass is 206 g/mol. The van der Waals surface area contributed by atoms with E-state index in [1.54, 1.807) is 0 Å². The molecule has 1 atom stereocenters. The molecule has 0 saturated carbocycles. The molecule has 15 heavy (non-hydrogen) atoms. The molecule has 0 aromatic rings. The minimum Gasteiger partial charge on any atom is -0.316 e. The fourth-order valence-electron chi connectivity index (χ4n) is 1.86. The van der Waals surface area contributed by atoms with Crippen LogP contribution in [0, 0.1) is 11.3 Å². The lowest BCUT2D eigenvalue weighted by Gasteiger charge is -2.23. The summed E-state index contributed by atoms with van der Waals surface area (Å²) >= 11 is 0. The van der Waals surface area contributed by atoms with Crippen molar-refractivity contribution in [3.05, 3.63) is 24.3 Å². The summed E-state index contributed by atoms with van der Waals surface area (Å²) in [5.74, 6) is 0.574. The number of allylic oxidation sites excluding steroid dienone is 2. The molecule has 84 valence electrons. The first-order chi connectivity index (χ1) is 7.24. The third kappa shape index (κ3) is 4.43. The van der Waals surface area contributed by atoms with E-state index in [1.807, 2.05) is 12.2 Å². The molecule has 1 fully saturated rings. The molecule has 2 N–H and O–H groups in total. The summed E-state index contributed by atoms with van der Waals surface area (Å²) in [7, 11) is 0. The van der Waals surface area contributed by atoms with E-state index in [0.29, 0.717) is 11.6 Å². The molecule has 1 heterocycles. The zero-order valence-corrected chi connectivity index (χ0v) is 9.68. The highest BCUT2D eigenvalue weighted by Gasteiger charge is 2.13. The van der Waals surface area contributed by atoms with Crippen LogP contribution >= 0.6 is 0 Å². The Kier molecular flexibility index (Phi) is 5.33. The second-order valence-electron chi connectivity index (χ2n) is 4.23. The Morgan fingerprint density at radius 1 is 1.53 bits per heavy atom. The SMILES string of the molecule is C=C(/C=C\C(=N)CCC)C1CCCNC1. The number of rotatable bonds is 5. The number of piperidine rings is 1. The zero-order chi connectivity index (χ0) is 11.1. The first-order valence-electron chi connectivity index (χ1n) is 5.89. The summed E-state index contributed by atoms with van der Waals surface area (Å²) in [5, 5.41) is 11.0. The van der Waals surface area contributed by atoms with Gasteiger partial charge in [-0.2, -0.15) is 0 Å². The molecule has 1 aliphatic heterocycles. The van der Waals surface area contributed by atoms with Crippen molar-refractivity contribution in [2.45, 2.75) is 32.6 Å². The Hall–Kier alpha value is -0.890. The lowest BCUT2D eigenvalue weighted by molar-refractivity contribution is 0.428. The topological polar surface area (TPSA) is 35.9 Å². The molecule has 0 bridgehead atoms. The van der Waals surface area contributed by atoms with Crippen molar-refractivity contribution in [1.29, 1.82) is 5.41 Å². The molecular weight excluding hydrogens is 184 g/mol. The van der Waals surface area contributed by atoms with Gasteiger partial charge in [-0.25, -0.2) is 0 Å². The second kappa shape index (κ2) is 6.57. The smallest absolute Gasteiger partial charge is 0.0313 e. The number of hydrogen-bond acceptors (Lipinski definition) is 2. The van der Waals surface area contributed by atoms with Crippen molar-refractivity contribution in [2.24, 2.45) is 5.92 Å². The Bertz CT molecular complexity index is 247. The standard InChI is InChI=1S/C13H22N2/c1-3-5-13(14)8-7-11(2)12-6-4-9-15-10-12/h7-8,12,14-15H,2-6,9-10H2,1H3/b8-7-,14-13?. The summed E-state index contributed by atoms with van der Waals surface area (Å²) < 4.78 is 0. The van der Waals surface area contributed by atoms with Gasteiger partial charge in [0.15, 0.2) is 0 Å². The van der Waals surface area contributed by atoms with Gasteiger partial charge in [-0.3, -0.25) is 0 Å². The Balaban J connectivity index is 2.36. The van der Waals surface area contributed by atoms with Crippen LogP contribution in [0.2, 0.25) is 0 Å². The van der Waals surface area contributed by atoms with E-state index < -0.39 is 0 Å². The lowest BCUT2D eigenvalue weighted by Crippen LogP contribution is -2.30. The average molecular weight is 206 g/mol. The highest BCUT2D eigenvalue weighted by molar-refractivity contribution is 5.92. The highest BCUT2D eigenvalue weighted by Crippen LogP contribution is 2.18. The van der Waals surface area contributed by atoms with Crippen LogP contribution in [0.3, 0.4) is 0 Å². The van der Waals surface area contributed by atoms with Crippen molar-refractivity contribution in [3.8, 4) is 0 Å². The first-order valence-corrected chi connectivity index (χ1v) is 5.89. The quantitative estimate of drug-likeness (QED) is 0.526. The molecule has 0 spiro atoms. The van der Waals surface area contributed by atoms with Gasteiger partial charge in [0.05, 0.1) is 0 Å². The molecule has 2 heteroatoms. The van der Waals surface area contributed by atoms with E-state index in [0.717, 1.165) is 25.9 Å². The normalized spacial score (nSPS) is 21.8. The predicted molar refractivity (Wildman–Crippen MR) is 66.5 cm³/mol. The van der Waals surface area contributed by atoms with Crippen molar-refractivity contribution in [3.63, 3.8) is 0 Å². The highest BCUT2D eigenvalue weighted by atomic mass is 14.9. The summed E-state index contributed by atoms with van der Waals surface area (Å²) in [6.45, 7) is 8.37. The van der Waals surface area contributed by atoms with Gasteiger partial charge in [-0.1, -0.05) is 31.6 Å². The van der Waals surface area contributed by atoms with E-state index in [2.05, 4.69) is 18.8 Å². The van der Waals surface area contributed by atoms with Crippen molar-refractivity contribution < 1.29 is 0 Å². The number of hydrogen-bond donors (Lipinski definition) is 2. The largest absolute Gasteiger partial charge is 0.316 e. The van der Waals surface area contributed by atoms with Crippen molar-refractivity contribution >= 4 is 5.71 Å². The van der Waals surface area contributed by atoms with E-state index in [4.69, 9.17) is 5.41 Å². The van der Waals surface area contributed by atoms with E-state index in [1.165, 1.54) is 18.4 Å². The molecule has 2 nitrogen and oxygen atoms in total. The van der Waals surface area contributed by atoms with Crippen LogP contribution in [0.4, 0.5) is 0 Å². The van der Waals surface area contributed by atoms with Crippen LogP contribution in [0.5, 0.6) is 0 Å². The van der Waals surface area contributed by atoms with Gasteiger partial charge >= 0.3 is 0 Å². The molecule has 0 amide bonds. The molecule has 1 saturated heterocycles. The van der Waals surface area contributed by atoms with Crippen LogP contribution in [-0.4, -0.2) is 18.8 Å². The molecule has 0 aliphatic carbocycles. The van der Waals surface area contributed by atoms with E-state index >= 15 is 0 Å². The van der Waals surface area contributed by atoms with Crippen LogP contribution < -0.4 is 5.32 Å². The van der Waals surface area contributed by atoms with Crippen LogP contribution in [0.1, 0.15) is 32.6 Å².